The van der Waals surface area contributed by atoms with Gasteiger partial charge in [-0.15, -0.1) is 0 Å². The molecule has 164 valence electrons. The van der Waals surface area contributed by atoms with Gasteiger partial charge < -0.3 is 25.0 Å². The highest BCUT2D eigenvalue weighted by molar-refractivity contribution is 7.17. The van der Waals surface area contributed by atoms with Crippen molar-refractivity contribution in [3.05, 3.63) is 27.8 Å². The number of piperidine rings is 1. The lowest BCUT2D eigenvalue weighted by molar-refractivity contribution is -0.141. The molecule has 0 bridgehead atoms. The molecular weight excluding hydrogens is 427 g/mol. The summed E-state index contributed by atoms with van der Waals surface area (Å²) in [6.45, 7) is 3.61. The number of nitrogens with zero attached hydrogens (tertiary/aromatic N) is 3. The number of rotatable bonds is 5. The van der Waals surface area contributed by atoms with Crippen molar-refractivity contribution in [2.24, 2.45) is 0 Å². The molecule has 9 nitrogen and oxygen atoms in total. The van der Waals surface area contributed by atoms with Crippen LogP contribution in [0.1, 0.15) is 43.8 Å². The Morgan fingerprint density at radius 3 is 2.57 bits per heavy atom. The third-order valence-corrected chi connectivity index (χ3v) is 6.00. The fourth-order valence-electron chi connectivity index (χ4n) is 3.29. The number of carbonyl (C=O) groups is 2. The van der Waals surface area contributed by atoms with E-state index >= 15 is 0 Å². The highest BCUT2D eigenvalue weighted by atomic mass is 32.1. The molecule has 0 unspecified atom stereocenters. The van der Waals surface area contributed by atoms with E-state index in [1.807, 2.05) is 4.90 Å². The molecule has 1 amide bonds. The van der Waals surface area contributed by atoms with Crippen molar-refractivity contribution in [1.29, 1.82) is 0 Å². The summed E-state index contributed by atoms with van der Waals surface area (Å²) in [7, 11) is 1.46. The molecule has 0 saturated carbocycles. The molecule has 2 aromatic heterocycles. The van der Waals surface area contributed by atoms with E-state index < -0.39 is 41.7 Å². The molecule has 2 atom stereocenters. The average molecular weight is 447 g/mol. The maximum absolute atomic E-state index is 12.9. The SMILES string of the molecule is CO[C@H]1CN(c2nc(C)c(C(=O)O)s2)CC[C@H]1NC(=O)c1nc(C(F)(F)F)c(C)[nH]1. The van der Waals surface area contributed by atoms with Crippen LogP contribution in [-0.4, -0.2) is 64.3 Å². The zero-order valence-electron chi connectivity index (χ0n) is 16.3. The molecule has 0 aromatic carbocycles. The Morgan fingerprint density at radius 2 is 2.03 bits per heavy atom. The number of ether oxygens (including phenoxy) is 1. The number of aromatic amines is 1. The quantitative estimate of drug-likeness (QED) is 0.643. The maximum Gasteiger partial charge on any atom is 0.435 e. The van der Waals surface area contributed by atoms with Gasteiger partial charge in [-0.2, -0.15) is 13.2 Å². The Balaban J connectivity index is 1.69. The van der Waals surface area contributed by atoms with E-state index in [0.717, 1.165) is 11.3 Å². The Morgan fingerprint density at radius 1 is 1.33 bits per heavy atom. The molecule has 30 heavy (non-hydrogen) atoms. The summed E-state index contributed by atoms with van der Waals surface area (Å²) in [5.74, 6) is -2.22. The lowest BCUT2D eigenvalue weighted by Gasteiger charge is -2.37. The standard InChI is InChI=1S/C17H20F3N5O4S/c1-7-11(15(27)28)30-16(22-7)25-5-4-9(10(6-25)29-3)23-14(26)13-21-8(2)12(24-13)17(18,19)20/h9-10H,4-6H2,1-3H3,(H,21,24)(H,23,26)(H,27,28)/t9-,10+/m1/s1. The fraction of sp³-hybridized carbons (Fsp3) is 0.529. The first-order chi connectivity index (χ1) is 14.0. The highest BCUT2D eigenvalue weighted by Gasteiger charge is 2.38. The van der Waals surface area contributed by atoms with E-state index in [2.05, 4.69) is 20.3 Å². The summed E-state index contributed by atoms with van der Waals surface area (Å²) >= 11 is 1.06. The smallest absolute Gasteiger partial charge is 0.435 e. The molecule has 3 N–H and O–H groups in total. The van der Waals surface area contributed by atoms with Crippen molar-refractivity contribution in [2.45, 2.75) is 38.6 Å². The number of carboxylic acids is 1. The number of carbonyl (C=O) groups excluding carboxylic acids is 1. The van der Waals surface area contributed by atoms with E-state index in [1.165, 1.54) is 14.0 Å². The predicted molar refractivity (Wildman–Crippen MR) is 101 cm³/mol. The van der Waals surface area contributed by atoms with Crippen molar-refractivity contribution in [2.75, 3.05) is 25.1 Å². The number of aromatic nitrogens is 3. The number of carboxylic acid groups (broad SMARTS) is 1. The average Bonchev–Trinajstić information content (AvgIpc) is 3.25. The summed E-state index contributed by atoms with van der Waals surface area (Å²) in [6, 6.07) is -0.460. The number of nitrogens with one attached hydrogen (secondary N) is 2. The second-order valence-electron chi connectivity index (χ2n) is 6.86. The summed E-state index contributed by atoms with van der Waals surface area (Å²) in [4.78, 5) is 35.7. The third kappa shape index (κ3) is 4.41. The lowest BCUT2D eigenvalue weighted by atomic mass is 10.0. The number of H-pyrrole nitrogens is 1. The van der Waals surface area contributed by atoms with Gasteiger partial charge in [-0.3, -0.25) is 4.79 Å². The van der Waals surface area contributed by atoms with Gasteiger partial charge in [0.2, 0.25) is 0 Å². The van der Waals surface area contributed by atoms with Crippen LogP contribution >= 0.6 is 11.3 Å². The van der Waals surface area contributed by atoms with Crippen LogP contribution in [0.5, 0.6) is 0 Å². The Kier molecular flexibility index (Phi) is 6.04. The van der Waals surface area contributed by atoms with Crippen molar-refractivity contribution >= 4 is 28.3 Å². The van der Waals surface area contributed by atoms with Gasteiger partial charge in [0.15, 0.2) is 16.6 Å². The van der Waals surface area contributed by atoms with Gasteiger partial charge in [0.1, 0.15) is 4.88 Å². The first-order valence-corrected chi connectivity index (χ1v) is 9.76. The number of hydrogen-bond acceptors (Lipinski definition) is 7. The van der Waals surface area contributed by atoms with Crippen LogP contribution in [0.15, 0.2) is 0 Å². The monoisotopic (exact) mass is 447 g/mol. The molecule has 0 radical (unpaired) electrons. The van der Waals surface area contributed by atoms with E-state index in [0.29, 0.717) is 30.3 Å². The topological polar surface area (TPSA) is 120 Å². The second kappa shape index (κ2) is 8.22. The van der Waals surface area contributed by atoms with Gasteiger partial charge in [0, 0.05) is 25.9 Å². The Hall–Kier alpha value is -2.67. The van der Waals surface area contributed by atoms with Gasteiger partial charge in [-0.05, 0) is 20.3 Å². The van der Waals surface area contributed by atoms with Crippen LogP contribution in [0.25, 0.3) is 0 Å². The molecule has 13 heteroatoms. The van der Waals surface area contributed by atoms with E-state index in [9.17, 15) is 27.9 Å². The van der Waals surface area contributed by atoms with Crippen LogP contribution in [0.2, 0.25) is 0 Å². The molecule has 3 heterocycles. The number of halogens is 3. The van der Waals surface area contributed by atoms with Gasteiger partial charge in [0.05, 0.1) is 17.8 Å². The number of aryl methyl sites for hydroxylation is 2. The lowest BCUT2D eigenvalue weighted by Crippen LogP contribution is -2.55. The number of anilines is 1. The Labute approximate surface area is 173 Å². The number of aromatic carboxylic acids is 1. The number of thiazole rings is 1. The van der Waals surface area contributed by atoms with Crippen LogP contribution in [-0.2, 0) is 10.9 Å². The van der Waals surface area contributed by atoms with Crippen molar-refractivity contribution in [3.63, 3.8) is 0 Å². The van der Waals surface area contributed by atoms with Gasteiger partial charge in [-0.1, -0.05) is 11.3 Å². The summed E-state index contributed by atoms with van der Waals surface area (Å²) in [5.41, 5.74) is -0.946. The molecule has 0 spiro atoms. The van der Waals surface area contributed by atoms with E-state index in [-0.39, 0.29) is 10.6 Å². The minimum absolute atomic E-state index is 0.156. The second-order valence-corrected chi connectivity index (χ2v) is 7.84. The molecule has 1 aliphatic heterocycles. The zero-order chi connectivity index (χ0) is 22.2. The molecule has 2 aromatic rings. The van der Waals surface area contributed by atoms with Gasteiger partial charge >= 0.3 is 12.1 Å². The number of alkyl halides is 3. The van der Waals surface area contributed by atoms with Crippen molar-refractivity contribution in [3.8, 4) is 0 Å². The third-order valence-electron chi connectivity index (χ3n) is 4.80. The number of hydrogen-bond donors (Lipinski definition) is 3. The van der Waals surface area contributed by atoms with E-state index in [1.54, 1.807) is 6.92 Å². The number of imidazole rings is 1. The van der Waals surface area contributed by atoms with Crippen molar-refractivity contribution < 1.29 is 32.6 Å². The predicted octanol–water partition coefficient (Wildman–Crippen LogP) is 2.22. The summed E-state index contributed by atoms with van der Waals surface area (Å²) < 4.78 is 44.2. The van der Waals surface area contributed by atoms with Gasteiger partial charge in [-0.25, -0.2) is 14.8 Å². The summed E-state index contributed by atoms with van der Waals surface area (Å²) in [5, 5.41) is 12.4. The van der Waals surface area contributed by atoms with Crippen LogP contribution in [0, 0.1) is 13.8 Å². The zero-order valence-corrected chi connectivity index (χ0v) is 17.1. The molecule has 0 aliphatic carbocycles. The van der Waals surface area contributed by atoms with Gasteiger partial charge in [0.25, 0.3) is 5.91 Å². The highest BCUT2D eigenvalue weighted by Crippen LogP contribution is 2.31. The van der Waals surface area contributed by atoms with Crippen LogP contribution in [0.3, 0.4) is 0 Å². The number of amides is 1. The molecule has 1 fully saturated rings. The summed E-state index contributed by atoms with van der Waals surface area (Å²) in [6.07, 6.45) is -4.70. The normalized spacial score (nSPS) is 19.7. The maximum atomic E-state index is 12.9. The van der Waals surface area contributed by atoms with E-state index in [4.69, 9.17) is 4.74 Å². The minimum Gasteiger partial charge on any atom is -0.477 e. The molecular formula is C17H20F3N5O4S. The molecule has 3 rings (SSSR count). The van der Waals surface area contributed by atoms with Crippen LogP contribution in [0.4, 0.5) is 18.3 Å². The van der Waals surface area contributed by atoms with Crippen molar-refractivity contribution in [1.82, 2.24) is 20.3 Å². The fourth-order valence-corrected chi connectivity index (χ4v) is 4.23. The minimum atomic E-state index is -4.65. The first-order valence-electron chi connectivity index (χ1n) is 8.94. The largest absolute Gasteiger partial charge is 0.477 e. The Bertz CT molecular complexity index is 958. The van der Waals surface area contributed by atoms with Crippen LogP contribution < -0.4 is 10.2 Å². The molecule has 1 saturated heterocycles. The first kappa shape index (κ1) is 22.0. The number of methoxy groups -OCH3 is 1. The molecule has 1 aliphatic rings.